The van der Waals surface area contributed by atoms with Crippen LogP contribution >= 0.6 is 12.4 Å². The van der Waals surface area contributed by atoms with Crippen molar-refractivity contribution in [3.63, 3.8) is 0 Å². The van der Waals surface area contributed by atoms with Crippen molar-refractivity contribution in [3.05, 3.63) is 0 Å². The van der Waals surface area contributed by atoms with Crippen LogP contribution in [0.25, 0.3) is 0 Å². The minimum absolute atomic E-state index is 0. The van der Waals surface area contributed by atoms with Crippen molar-refractivity contribution < 1.29 is 4.79 Å². The number of rotatable bonds is 2. The highest BCUT2D eigenvalue weighted by atomic mass is 35.5. The van der Waals surface area contributed by atoms with E-state index in [4.69, 9.17) is 0 Å². The third kappa shape index (κ3) is 3.61. The molecule has 3 aliphatic rings. The fraction of sp³-hybridized carbons (Fsp3) is 0.929. The lowest BCUT2D eigenvalue weighted by Crippen LogP contribution is -2.49. The number of carbonyl (C=O) groups excluding carboxylic acids is 1. The molecule has 3 saturated heterocycles. The fourth-order valence-electron chi connectivity index (χ4n) is 3.70. The second-order valence-electron chi connectivity index (χ2n) is 6.07. The smallest absolute Gasteiger partial charge is 0.236 e. The molecule has 0 bridgehead atoms. The lowest BCUT2D eigenvalue weighted by atomic mass is 9.93. The summed E-state index contributed by atoms with van der Waals surface area (Å²) in [5.74, 6) is 1.15. The van der Waals surface area contributed by atoms with Gasteiger partial charge in [-0.05, 0) is 44.6 Å². The maximum absolute atomic E-state index is 12.2. The van der Waals surface area contributed by atoms with Crippen LogP contribution in [0, 0.1) is 5.92 Å². The first-order valence-electron chi connectivity index (χ1n) is 7.56. The van der Waals surface area contributed by atoms with E-state index in [1.54, 1.807) is 0 Å². The van der Waals surface area contributed by atoms with Crippen molar-refractivity contribution in [2.45, 2.75) is 38.1 Å². The van der Waals surface area contributed by atoms with Crippen molar-refractivity contribution in [2.75, 3.05) is 39.3 Å². The van der Waals surface area contributed by atoms with Crippen molar-refractivity contribution in [1.29, 1.82) is 0 Å². The van der Waals surface area contributed by atoms with E-state index in [0.717, 1.165) is 38.1 Å². The molecule has 4 nitrogen and oxygen atoms in total. The number of nitrogens with zero attached hydrogens (tertiary/aromatic N) is 2. The van der Waals surface area contributed by atoms with Crippen LogP contribution in [0.15, 0.2) is 0 Å². The molecule has 1 N–H and O–H groups in total. The summed E-state index contributed by atoms with van der Waals surface area (Å²) in [4.78, 5) is 16.7. The molecule has 0 aromatic rings. The number of halogens is 1. The SMILES string of the molecule is Cl.O=C(CN1CCC2NCCC2C1)N1CCCCC1. The summed E-state index contributed by atoms with van der Waals surface area (Å²) in [7, 11) is 0. The number of amides is 1. The van der Waals surface area contributed by atoms with E-state index >= 15 is 0 Å². The molecule has 1 amide bonds. The Morgan fingerprint density at radius 1 is 1.11 bits per heavy atom. The van der Waals surface area contributed by atoms with E-state index in [1.807, 2.05) is 0 Å². The van der Waals surface area contributed by atoms with Crippen molar-refractivity contribution in [3.8, 4) is 0 Å². The quantitative estimate of drug-likeness (QED) is 0.826. The minimum atomic E-state index is 0. The van der Waals surface area contributed by atoms with E-state index in [2.05, 4.69) is 15.1 Å². The molecule has 0 saturated carbocycles. The van der Waals surface area contributed by atoms with Crippen LogP contribution in [-0.4, -0.2) is 61.0 Å². The molecular weight excluding hydrogens is 262 g/mol. The topological polar surface area (TPSA) is 35.6 Å². The second-order valence-corrected chi connectivity index (χ2v) is 6.07. The summed E-state index contributed by atoms with van der Waals surface area (Å²) < 4.78 is 0. The van der Waals surface area contributed by atoms with Gasteiger partial charge in [0.25, 0.3) is 0 Å². The largest absolute Gasteiger partial charge is 0.342 e. The van der Waals surface area contributed by atoms with Crippen molar-refractivity contribution >= 4 is 18.3 Å². The Labute approximate surface area is 122 Å². The molecule has 5 heteroatoms. The number of fused-ring (bicyclic) bond motifs is 1. The van der Waals surface area contributed by atoms with E-state index in [-0.39, 0.29) is 12.4 Å². The zero-order valence-electron chi connectivity index (χ0n) is 11.6. The molecule has 2 unspecified atom stereocenters. The number of carbonyl (C=O) groups is 1. The Kier molecular flexibility index (Phi) is 5.48. The highest BCUT2D eigenvalue weighted by molar-refractivity contribution is 5.85. The molecule has 110 valence electrons. The Bertz CT molecular complexity index is 307. The van der Waals surface area contributed by atoms with Crippen LogP contribution in [0.3, 0.4) is 0 Å². The third-order valence-corrected chi connectivity index (χ3v) is 4.81. The first-order valence-corrected chi connectivity index (χ1v) is 7.56. The van der Waals surface area contributed by atoms with Crippen LogP contribution in [0.4, 0.5) is 0 Å². The van der Waals surface area contributed by atoms with E-state index in [9.17, 15) is 4.79 Å². The normalized spacial score (nSPS) is 31.7. The molecule has 0 spiro atoms. The number of hydrogen-bond acceptors (Lipinski definition) is 3. The Balaban J connectivity index is 0.00000133. The van der Waals surface area contributed by atoms with Crippen LogP contribution in [0.2, 0.25) is 0 Å². The first kappa shape index (κ1) is 15.1. The van der Waals surface area contributed by atoms with E-state index in [1.165, 1.54) is 38.6 Å². The fourth-order valence-corrected chi connectivity index (χ4v) is 3.70. The van der Waals surface area contributed by atoms with Gasteiger partial charge in [-0.3, -0.25) is 9.69 Å². The Hall–Kier alpha value is -0.320. The highest BCUT2D eigenvalue weighted by Crippen LogP contribution is 2.24. The van der Waals surface area contributed by atoms with Crippen LogP contribution in [0.1, 0.15) is 32.1 Å². The average molecular weight is 288 g/mol. The van der Waals surface area contributed by atoms with Crippen LogP contribution in [0.5, 0.6) is 0 Å². The summed E-state index contributed by atoms with van der Waals surface area (Å²) in [5.41, 5.74) is 0. The van der Waals surface area contributed by atoms with Crippen LogP contribution in [-0.2, 0) is 4.79 Å². The van der Waals surface area contributed by atoms with Gasteiger partial charge in [-0.25, -0.2) is 0 Å². The van der Waals surface area contributed by atoms with E-state index in [0.29, 0.717) is 12.5 Å². The average Bonchev–Trinajstić information content (AvgIpc) is 2.87. The predicted octanol–water partition coefficient (Wildman–Crippen LogP) is 1.10. The lowest BCUT2D eigenvalue weighted by molar-refractivity contribution is -0.133. The molecule has 3 rings (SSSR count). The summed E-state index contributed by atoms with van der Waals surface area (Å²) in [6.45, 7) is 6.01. The standard InChI is InChI=1S/C14H25N3O.ClH/c18-14(17-7-2-1-3-8-17)11-16-9-5-13-12(10-16)4-6-15-13;/h12-13,15H,1-11H2;1H. The van der Waals surface area contributed by atoms with Gasteiger partial charge in [0.1, 0.15) is 0 Å². The molecule has 19 heavy (non-hydrogen) atoms. The summed E-state index contributed by atoms with van der Waals surface area (Å²) in [6.07, 6.45) is 6.20. The molecule has 0 aliphatic carbocycles. The molecule has 3 heterocycles. The third-order valence-electron chi connectivity index (χ3n) is 4.81. The van der Waals surface area contributed by atoms with Crippen LogP contribution < -0.4 is 5.32 Å². The molecule has 3 aliphatic heterocycles. The summed E-state index contributed by atoms with van der Waals surface area (Å²) in [6, 6.07) is 0.728. The van der Waals surface area contributed by atoms with Crippen molar-refractivity contribution in [1.82, 2.24) is 15.1 Å². The monoisotopic (exact) mass is 287 g/mol. The van der Waals surface area contributed by atoms with Gasteiger partial charge in [0, 0.05) is 32.2 Å². The number of nitrogens with one attached hydrogen (secondary N) is 1. The lowest BCUT2D eigenvalue weighted by Gasteiger charge is -2.36. The Morgan fingerprint density at radius 3 is 2.68 bits per heavy atom. The summed E-state index contributed by atoms with van der Waals surface area (Å²) >= 11 is 0. The zero-order valence-corrected chi connectivity index (χ0v) is 12.5. The van der Waals surface area contributed by atoms with Gasteiger partial charge in [-0.1, -0.05) is 0 Å². The highest BCUT2D eigenvalue weighted by Gasteiger charge is 2.33. The molecular formula is C14H26ClN3O. The van der Waals surface area contributed by atoms with Gasteiger partial charge in [-0.2, -0.15) is 0 Å². The molecule has 0 radical (unpaired) electrons. The van der Waals surface area contributed by atoms with Gasteiger partial charge >= 0.3 is 0 Å². The second kappa shape index (κ2) is 6.91. The summed E-state index contributed by atoms with van der Waals surface area (Å²) in [5, 5.41) is 3.57. The predicted molar refractivity (Wildman–Crippen MR) is 78.6 cm³/mol. The van der Waals surface area contributed by atoms with E-state index < -0.39 is 0 Å². The van der Waals surface area contributed by atoms with Crippen molar-refractivity contribution in [2.24, 2.45) is 5.92 Å². The van der Waals surface area contributed by atoms with Gasteiger partial charge in [0.2, 0.25) is 5.91 Å². The number of hydrogen-bond donors (Lipinski definition) is 1. The Morgan fingerprint density at radius 2 is 1.89 bits per heavy atom. The zero-order chi connectivity index (χ0) is 12.4. The van der Waals surface area contributed by atoms with Gasteiger partial charge in [0.05, 0.1) is 6.54 Å². The number of likely N-dealkylation sites (tertiary alicyclic amines) is 2. The van der Waals surface area contributed by atoms with Gasteiger partial charge in [0.15, 0.2) is 0 Å². The van der Waals surface area contributed by atoms with Gasteiger partial charge < -0.3 is 10.2 Å². The molecule has 0 aromatic heterocycles. The first-order chi connectivity index (χ1) is 8.83. The minimum Gasteiger partial charge on any atom is -0.342 e. The maximum atomic E-state index is 12.2. The molecule has 0 aromatic carbocycles. The number of piperidine rings is 2. The molecule has 3 fully saturated rings. The molecule has 2 atom stereocenters. The maximum Gasteiger partial charge on any atom is 0.236 e. The van der Waals surface area contributed by atoms with Gasteiger partial charge in [-0.15, -0.1) is 12.4 Å².